The molecule has 1 aromatic heterocycles. The van der Waals surface area contributed by atoms with E-state index in [1.807, 2.05) is 73.1 Å². The van der Waals surface area contributed by atoms with Crippen LogP contribution in [0.3, 0.4) is 0 Å². The molecule has 0 fully saturated rings. The number of nitrogens with zero attached hydrogens (tertiary/aromatic N) is 3. The lowest BCUT2D eigenvalue weighted by Crippen LogP contribution is -2.40. The van der Waals surface area contributed by atoms with E-state index in [9.17, 15) is 9.59 Å². The number of rotatable bonds is 14. The maximum absolute atomic E-state index is 13.5. The monoisotopic (exact) mass is 516 g/mol. The van der Waals surface area contributed by atoms with Crippen LogP contribution >= 0.6 is 0 Å². The van der Waals surface area contributed by atoms with Gasteiger partial charge in [-0.05, 0) is 43.4 Å². The van der Waals surface area contributed by atoms with Crippen molar-refractivity contribution < 1.29 is 9.59 Å². The summed E-state index contributed by atoms with van der Waals surface area (Å²) in [5.41, 5.74) is 4.66. The van der Waals surface area contributed by atoms with Crippen molar-refractivity contribution in [2.24, 2.45) is 5.92 Å². The first-order chi connectivity index (χ1) is 18.3. The van der Waals surface area contributed by atoms with Crippen molar-refractivity contribution in [3.05, 3.63) is 65.9 Å². The van der Waals surface area contributed by atoms with Crippen molar-refractivity contribution >= 4 is 17.6 Å². The largest absolute Gasteiger partial charge is 0.333 e. The second kappa shape index (κ2) is 14.5. The molecule has 0 saturated carbocycles. The molecule has 0 aliphatic heterocycles. The highest BCUT2D eigenvalue weighted by Gasteiger charge is 2.23. The molecule has 0 unspecified atom stereocenters. The van der Waals surface area contributed by atoms with E-state index < -0.39 is 0 Å². The molecule has 1 heterocycles. The van der Waals surface area contributed by atoms with Crippen LogP contribution in [0.2, 0.25) is 0 Å². The van der Waals surface area contributed by atoms with Gasteiger partial charge in [-0.15, -0.1) is 0 Å². The summed E-state index contributed by atoms with van der Waals surface area (Å²) in [5, 5.41) is 7.97. The van der Waals surface area contributed by atoms with Crippen molar-refractivity contribution in [2.75, 3.05) is 18.4 Å². The van der Waals surface area contributed by atoms with E-state index in [1.165, 1.54) is 19.3 Å². The van der Waals surface area contributed by atoms with Gasteiger partial charge in [0, 0.05) is 18.5 Å². The number of benzene rings is 2. The first-order valence-electron chi connectivity index (χ1n) is 14.1. The molecule has 204 valence electrons. The fourth-order valence-electron chi connectivity index (χ4n) is 4.82. The Morgan fingerprint density at radius 3 is 2.26 bits per heavy atom. The molecular weight excluding hydrogens is 472 g/mol. The minimum absolute atomic E-state index is 0.0269. The van der Waals surface area contributed by atoms with Gasteiger partial charge in [-0.2, -0.15) is 5.10 Å². The minimum Gasteiger partial charge on any atom is -0.333 e. The van der Waals surface area contributed by atoms with Gasteiger partial charge < -0.3 is 10.2 Å². The van der Waals surface area contributed by atoms with Gasteiger partial charge in [-0.3, -0.25) is 9.59 Å². The highest BCUT2D eigenvalue weighted by Crippen LogP contribution is 2.34. The number of para-hydroxylation sites is 1. The normalized spacial score (nSPS) is 11.1. The standard InChI is InChI=1S/C32H44N4O2/c1-6-7-8-9-10-14-21-30(38)35(22-24(2)3)23-29(37)33-32-31(27-18-12-11-13-19-27)26(5)34-36(32)28-20-16-15-17-25(28)4/h11-13,15-20,24H,6-10,14,21-23H2,1-5H3,(H,33,37). The van der Waals surface area contributed by atoms with Crippen LogP contribution in [0.4, 0.5) is 5.82 Å². The Bertz CT molecular complexity index is 1180. The third-order valence-corrected chi connectivity index (χ3v) is 6.74. The molecule has 38 heavy (non-hydrogen) atoms. The fraction of sp³-hybridized carbons (Fsp3) is 0.469. The van der Waals surface area contributed by atoms with Crippen LogP contribution in [0.25, 0.3) is 16.8 Å². The maximum Gasteiger partial charge on any atom is 0.245 e. The third-order valence-electron chi connectivity index (χ3n) is 6.74. The molecule has 0 saturated heterocycles. The van der Waals surface area contributed by atoms with E-state index in [0.29, 0.717) is 18.8 Å². The molecule has 2 aromatic carbocycles. The van der Waals surface area contributed by atoms with Crippen LogP contribution in [0, 0.1) is 19.8 Å². The van der Waals surface area contributed by atoms with Crippen LogP contribution in [-0.2, 0) is 9.59 Å². The Hall–Kier alpha value is -3.41. The predicted molar refractivity (Wildman–Crippen MR) is 157 cm³/mol. The van der Waals surface area contributed by atoms with Crippen molar-refractivity contribution in [3.63, 3.8) is 0 Å². The van der Waals surface area contributed by atoms with Crippen LogP contribution in [0.15, 0.2) is 54.6 Å². The van der Waals surface area contributed by atoms with Crippen molar-refractivity contribution in [3.8, 4) is 16.8 Å². The maximum atomic E-state index is 13.5. The number of hydrogen-bond donors (Lipinski definition) is 1. The zero-order valence-corrected chi connectivity index (χ0v) is 23.8. The van der Waals surface area contributed by atoms with Gasteiger partial charge in [0.05, 0.1) is 17.9 Å². The predicted octanol–water partition coefficient (Wildman–Crippen LogP) is 7.33. The van der Waals surface area contributed by atoms with Crippen LogP contribution in [-0.4, -0.2) is 39.6 Å². The molecule has 1 N–H and O–H groups in total. The van der Waals surface area contributed by atoms with Gasteiger partial charge in [0.2, 0.25) is 11.8 Å². The number of carbonyl (C=O) groups is 2. The van der Waals surface area contributed by atoms with Gasteiger partial charge >= 0.3 is 0 Å². The zero-order valence-electron chi connectivity index (χ0n) is 23.8. The van der Waals surface area contributed by atoms with Gasteiger partial charge in [0.15, 0.2) is 0 Å². The Morgan fingerprint density at radius 2 is 1.58 bits per heavy atom. The van der Waals surface area contributed by atoms with Gasteiger partial charge in [-0.25, -0.2) is 4.68 Å². The van der Waals surface area contributed by atoms with E-state index >= 15 is 0 Å². The Morgan fingerprint density at radius 1 is 0.921 bits per heavy atom. The van der Waals surface area contributed by atoms with Gasteiger partial charge in [0.25, 0.3) is 0 Å². The zero-order chi connectivity index (χ0) is 27.5. The Kier molecular flexibility index (Phi) is 11.1. The first kappa shape index (κ1) is 29.2. The number of unbranched alkanes of at least 4 members (excludes halogenated alkanes) is 5. The SMILES string of the molecule is CCCCCCCCC(=O)N(CC(=O)Nc1c(-c2ccccc2)c(C)nn1-c1ccccc1C)CC(C)C. The molecule has 3 rings (SSSR count). The molecule has 2 amide bonds. The summed E-state index contributed by atoms with van der Waals surface area (Å²) >= 11 is 0. The Labute approximate surface area is 228 Å². The third kappa shape index (κ3) is 8.04. The quantitative estimate of drug-likeness (QED) is 0.228. The lowest BCUT2D eigenvalue weighted by molar-refractivity contribution is -0.135. The van der Waals surface area contributed by atoms with Gasteiger partial charge in [-0.1, -0.05) is 101 Å². The van der Waals surface area contributed by atoms with Crippen molar-refractivity contribution in [1.82, 2.24) is 14.7 Å². The van der Waals surface area contributed by atoms with Gasteiger partial charge in [0.1, 0.15) is 5.82 Å². The molecule has 0 aliphatic carbocycles. The average Bonchev–Trinajstić information content (AvgIpc) is 3.21. The highest BCUT2D eigenvalue weighted by atomic mass is 16.2. The van der Waals surface area contributed by atoms with Crippen molar-refractivity contribution in [2.45, 2.75) is 79.6 Å². The summed E-state index contributed by atoms with van der Waals surface area (Å²) < 4.78 is 1.82. The number of aromatic nitrogens is 2. The molecule has 0 spiro atoms. The van der Waals surface area contributed by atoms with Crippen LogP contribution in [0.5, 0.6) is 0 Å². The topological polar surface area (TPSA) is 67.2 Å². The lowest BCUT2D eigenvalue weighted by Gasteiger charge is -2.24. The molecular formula is C32H44N4O2. The first-order valence-corrected chi connectivity index (χ1v) is 14.1. The number of anilines is 1. The lowest BCUT2D eigenvalue weighted by atomic mass is 10.1. The summed E-state index contributed by atoms with van der Waals surface area (Å²) in [4.78, 5) is 28.3. The average molecular weight is 517 g/mol. The molecule has 6 nitrogen and oxygen atoms in total. The summed E-state index contributed by atoms with van der Waals surface area (Å²) in [6.45, 7) is 10.9. The molecule has 0 aliphatic rings. The number of nitrogens with one attached hydrogen (secondary N) is 1. The number of aryl methyl sites for hydroxylation is 2. The summed E-state index contributed by atoms with van der Waals surface area (Å²) in [6, 6.07) is 18.0. The van der Waals surface area contributed by atoms with Crippen molar-refractivity contribution in [1.29, 1.82) is 0 Å². The molecule has 0 radical (unpaired) electrons. The number of hydrogen-bond acceptors (Lipinski definition) is 3. The number of carbonyl (C=O) groups excluding carboxylic acids is 2. The summed E-state index contributed by atoms with van der Waals surface area (Å²) in [7, 11) is 0. The van der Waals surface area contributed by atoms with E-state index in [1.54, 1.807) is 4.90 Å². The fourth-order valence-corrected chi connectivity index (χ4v) is 4.82. The molecule has 0 atom stereocenters. The summed E-state index contributed by atoms with van der Waals surface area (Å²) in [5.74, 6) is 0.738. The van der Waals surface area contributed by atoms with E-state index in [0.717, 1.165) is 47.3 Å². The van der Waals surface area contributed by atoms with Crippen LogP contribution < -0.4 is 5.32 Å². The molecule has 3 aromatic rings. The summed E-state index contributed by atoms with van der Waals surface area (Å²) in [6.07, 6.45) is 7.26. The highest BCUT2D eigenvalue weighted by molar-refractivity contribution is 5.98. The Balaban J connectivity index is 1.82. The molecule has 0 bridgehead atoms. The smallest absolute Gasteiger partial charge is 0.245 e. The molecule has 6 heteroatoms. The second-order valence-electron chi connectivity index (χ2n) is 10.6. The number of amides is 2. The van der Waals surface area contributed by atoms with E-state index in [-0.39, 0.29) is 24.3 Å². The van der Waals surface area contributed by atoms with E-state index in [2.05, 4.69) is 26.1 Å². The van der Waals surface area contributed by atoms with E-state index in [4.69, 9.17) is 5.10 Å². The second-order valence-corrected chi connectivity index (χ2v) is 10.6. The van der Waals surface area contributed by atoms with Crippen LogP contribution in [0.1, 0.15) is 77.0 Å². The minimum atomic E-state index is -0.214.